The van der Waals surface area contributed by atoms with Gasteiger partial charge >= 0.3 is 0 Å². The van der Waals surface area contributed by atoms with E-state index >= 15 is 0 Å². The summed E-state index contributed by atoms with van der Waals surface area (Å²) in [4.78, 5) is 12.6. The van der Waals surface area contributed by atoms with Gasteiger partial charge in [0.2, 0.25) is 10.0 Å². The summed E-state index contributed by atoms with van der Waals surface area (Å²) in [5, 5.41) is 10.8. The lowest BCUT2D eigenvalue weighted by Crippen LogP contribution is -2.25. The summed E-state index contributed by atoms with van der Waals surface area (Å²) in [6, 6.07) is 8.56. The molecule has 0 atom stereocenters. The first-order valence-corrected chi connectivity index (χ1v) is 9.43. The SMILES string of the molecule is CNS(=O)(=O)c1cc(C(=O)NCc2nnc3ccccn23)cc(C)c1C. The molecule has 136 valence electrons. The molecule has 2 heterocycles. The summed E-state index contributed by atoms with van der Waals surface area (Å²) in [5.41, 5.74) is 2.29. The molecule has 0 aliphatic heterocycles. The van der Waals surface area contributed by atoms with Crippen molar-refractivity contribution in [1.29, 1.82) is 0 Å². The predicted molar refractivity (Wildman–Crippen MR) is 96.3 cm³/mol. The molecule has 3 aromatic rings. The van der Waals surface area contributed by atoms with Gasteiger partial charge in [-0.05, 0) is 56.3 Å². The van der Waals surface area contributed by atoms with Crippen LogP contribution in [0.15, 0.2) is 41.4 Å². The van der Waals surface area contributed by atoms with Crippen molar-refractivity contribution in [1.82, 2.24) is 24.6 Å². The number of benzene rings is 1. The molecule has 1 amide bonds. The first-order chi connectivity index (χ1) is 12.3. The minimum Gasteiger partial charge on any atom is -0.345 e. The van der Waals surface area contributed by atoms with Gasteiger partial charge in [0.15, 0.2) is 11.5 Å². The zero-order chi connectivity index (χ0) is 18.9. The maximum atomic E-state index is 12.5. The molecule has 2 N–H and O–H groups in total. The van der Waals surface area contributed by atoms with E-state index in [0.29, 0.717) is 17.0 Å². The van der Waals surface area contributed by atoms with Crippen molar-refractivity contribution in [2.45, 2.75) is 25.3 Å². The Labute approximate surface area is 151 Å². The fourth-order valence-electron chi connectivity index (χ4n) is 2.62. The lowest BCUT2D eigenvalue weighted by Gasteiger charge is -2.12. The Morgan fingerprint density at radius 2 is 1.96 bits per heavy atom. The van der Waals surface area contributed by atoms with Gasteiger partial charge in [0.25, 0.3) is 5.91 Å². The van der Waals surface area contributed by atoms with Gasteiger partial charge in [-0.25, -0.2) is 13.1 Å². The number of carbonyl (C=O) groups is 1. The number of nitrogens with one attached hydrogen (secondary N) is 2. The number of hydrogen-bond donors (Lipinski definition) is 2. The third-order valence-corrected chi connectivity index (χ3v) is 5.77. The van der Waals surface area contributed by atoms with Crippen LogP contribution >= 0.6 is 0 Å². The van der Waals surface area contributed by atoms with Gasteiger partial charge in [-0.3, -0.25) is 9.20 Å². The van der Waals surface area contributed by atoms with Gasteiger partial charge in [0.1, 0.15) is 0 Å². The van der Waals surface area contributed by atoms with Crippen molar-refractivity contribution in [3.63, 3.8) is 0 Å². The first-order valence-electron chi connectivity index (χ1n) is 7.95. The van der Waals surface area contributed by atoms with Crippen LogP contribution < -0.4 is 10.0 Å². The molecule has 3 rings (SSSR count). The minimum atomic E-state index is -3.65. The van der Waals surface area contributed by atoms with E-state index in [-0.39, 0.29) is 22.9 Å². The third-order valence-electron chi connectivity index (χ3n) is 4.23. The Balaban J connectivity index is 1.86. The molecule has 0 radical (unpaired) electrons. The highest BCUT2D eigenvalue weighted by Crippen LogP contribution is 2.21. The fourth-order valence-corrected chi connectivity index (χ4v) is 3.69. The maximum absolute atomic E-state index is 12.5. The number of carbonyl (C=O) groups excluding carboxylic acids is 1. The topological polar surface area (TPSA) is 105 Å². The summed E-state index contributed by atoms with van der Waals surface area (Å²) in [7, 11) is -2.31. The Morgan fingerprint density at radius 1 is 1.19 bits per heavy atom. The Bertz CT molecular complexity index is 1090. The van der Waals surface area contributed by atoms with Gasteiger partial charge in [-0.2, -0.15) is 0 Å². The molecule has 0 unspecified atom stereocenters. The lowest BCUT2D eigenvalue weighted by atomic mass is 10.1. The van der Waals surface area contributed by atoms with Gasteiger partial charge < -0.3 is 5.32 Å². The highest BCUT2D eigenvalue weighted by molar-refractivity contribution is 7.89. The molecule has 0 saturated carbocycles. The van der Waals surface area contributed by atoms with Crippen molar-refractivity contribution >= 4 is 21.6 Å². The smallest absolute Gasteiger partial charge is 0.251 e. The van der Waals surface area contributed by atoms with Gasteiger partial charge in [-0.1, -0.05) is 6.07 Å². The highest BCUT2D eigenvalue weighted by Gasteiger charge is 2.19. The van der Waals surface area contributed by atoms with Crippen molar-refractivity contribution < 1.29 is 13.2 Å². The number of nitrogens with zero attached hydrogens (tertiary/aromatic N) is 3. The van der Waals surface area contributed by atoms with Crippen LogP contribution in [-0.4, -0.2) is 36.0 Å². The lowest BCUT2D eigenvalue weighted by molar-refractivity contribution is 0.0949. The molecule has 0 fully saturated rings. The third kappa shape index (κ3) is 3.31. The molecule has 0 bridgehead atoms. The van der Waals surface area contributed by atoms with E-state index in [4.69, 9.17) is 0 Å². The highest BCUT2D eigenvalue weighted by atomic mass is 32.2. The van der Waals surface area contributed by atoms with Crippen LogP contribution in [0.4, 0.5) is 0 Å². The Morgan fingerprint density at radius 3 is 2.69 bits per heavy atom. The van der Waals surface area contributed by atoms with E-state index in [1.807, 2.05) is 24.4 Å². The monoisotopic (exact) mass is 373 g/mol. The summed E-state index contributed by atoms with van der Waals surface area (Å²) in [6.07, 6.45) is 1.81. The molecule has 0 spiro atoms. The van der Waals surface area contributed by atoms with E-state index < -0.39 is 10.0 Å². The van der Waals surface area contributed by atoms with Crippen LogP contribution in [0.1, 0.15) is 27.3 Å². The molecule has 8 nitrogen and oxygen atoms in total. The number of pyridine rings is 1. The van der Waals surface area contributed by atoms with Crippen molar-refractivity contribution in [3.05, 3.63) is 59.0 Å². The van der Waals surface area contributed by atoms with E-state index in [1.54, 1.807) is 24.3 Å². The maximum Gasteiger partial charge on any atom is 0.251 e. The zero-order valence-corrected chi connectivity index (χ0v) is 15.5. The number of hydrogen-bond acceptors (Lipinski definition) is 5. The number of rotatable bonds is 5. The molecule has 0 aliphatic carbocycles. The standard InChI is InChI=1S/C17H19N5O3S/c1-11-8-13(9-14(12(11)2)26(24,25)18-3)17(23)19-10-16-21-20-15-6-4-5-7-22(15)16/h4-9,18H,10H2,1-3H3,(H,19,23). The van der Waals surface area contributed by atoms with E-state index in [0.717, 1.165) is 5.56 Å². The van der Waals surface area contributed by atoms with Crippen LogP contribution in [0.3, 0.4) is 0 Å². The molecule has 0 saturated heterocycles. The van der Waals surface area contributed by atoms with Crippen LogP contribution in [0.5, 0.6) is 0 Å². The second-order valence-corrected chi connectivity index (χ2v) is 7.71. The quantitative estimate of drug-likeness (QED) is 0.699. The average Bonchev–Trinajstić information content (AvgIpc) is 3.04. The minimum absolute atomic E-state index is 0.0954. The number of aryl methyl sites for hydroxylation is 1. The molecule has 0 aliphatic rings. The van der Waals surface area contributed by atoms with E-state index in [2.05, 4.69) is 20.2 Å². The average molecular weight is 373 g/mol. The van der Waals surface area contributed by atoms with Crippen LogP contribution in [0.25, 0.3) is 5.65 Å². The molecule has 1 aromatic carbocycles. The first kappa shape index (κ1) is 18.0. The van der Waals surface area contributed by atoms with Gasteiger partial charge in [-0.15, -0.1) is 10.2 Å². The van der Waals surface area contributed by atoms with Crippen LogP contribution in [-0.2, 0) is 16.6 Å². The Hall–Kier alpha value is -2.78. The van der Waals surface area contributed by atoms with Crippen LogP contribution in [0.2, 0.25) is 0 Å². The molecule has 9 heteroatoms. The fraction of sp³-hybridized carbons (Fsp3) is 0.235. The largest absolute Gasteiger partial charge is 0.345 e. The zero-order valence-electron chi connectivity index (χ0n) is 14.6. The normalized spacial score (nSPS) is 11.7. The molecule has 26 heavy (non-hydrogen) atoms. The van der Waals surface area contributed by atoms with Crippen molar-refractivity contribution in [2.75, 3.05) is 7.05 Å². The summed E-state index contributed by atoms with van der Waals surface area (Å²) in [6.45, 7) is 3.65. The van der Waals surface area contributed by atoms with Gasteiger partial charge in [0.05, 0.1) is 11.4 Å². The van der Waals surface area contributed by atoms with E-state index in [9.17, 15) is 13.2 Å². The number of sulfonamides is 1. The second kappa shape index (κ2) is 6.85. The number of aromatic nitrogens is 3. The van der Waals surface area contributed by atoms with Gasteiger partial charge in [0, 0.05) is 11.8 Å². The molecule has 2 aromatic heterocycles. The number of amides is 1. The predicted octanol–water partition coefficient (Wildman–Crippen LogP) is 1.18. The Kier molecular flexibility index (Phi) is 4.75. The molecular weight excluding hydrogens is 354 g/mol. The number of fused-ring (bicyclic) bond motifs is 1. The molecular formula is C17H19N5O3S. The van der Waals surface area contributed by atoms with E-state index in [1.165, 1.54) is 13.1 Å². The summed E-state index contributed by atoms with van der Waals surface area (Å²) in [5.74, 6) is 0.203. The van der Waals surface area contributed by atoms with Crippen molar-refractivity contribution in [3.8, 4) is 0 Å². The summed E-state index contributed by atoms with van der Waals surface area (Å²) >= 11 is 0. The summed E-state index contributed by atoms with van der Waals surface area (Å²) < 4.78 is 28.4. The van der Waals surface area contributed by atoms with Crippen molar-refractivity contribution in [2.24, 2.45) is 0 Å². The second-order valence-electron chi connectivity index (χ2n) is 5.85. The van der Waals surface area contributed by atoms with Crippen LogP contribution in [0, 0.1) is 13.8 Å².